The van der Waals surface area contributed by atoms with Gasteiger partial charge in [-0.15, -0.1) is 0 Å². The molecular formula is C55H47N7O+2. The lowest BCUT2D eigenvalue weighted by atomic mass is 9.93. The van der Waals surface area contributed by atoms with E-state index in [1.807, 2.05) is 60.7 Å². The lowest BCUT2D eigenvalue weighted by molar-refractivity contribution is -0.386. The fourth-order valence-corrected chi connectivity index (χ4v) is 7.54. The van der Waals surface area contributed by atoms with Crippen molar-refractivity contribution >= 4 is 39.2 Å². The van der Waals surface area contributed by atoms with E-state index in [-0.39, 0.29) is 27.9 Å². The van der Waals surface area contributed by atoms with Crippen LogP contribution in [-0.2, 0) is 10.8 Å². The molecule has 0 unspecified atom stereocenters. The molecule has 9 aromatic rings. The Labute approximate surface area is 381 Å². The molecule has 6 aromatic carbocycles. The summed E-state index contributed by atoms with van der Waals surface area (Å²) in [5.41, 5.74) is 2.33. The van der Waals surface area contributed by atoms with Gasteiger partial charge in [0.05, 0.1) is 47.5 Å². The van der Waals surface area contributed by atoms with Crippen molar-refractivity contribution in [3.05, 3.63) is 188 Å². The van der Waals surface area contributed by atoms with Crippen LogP contribution in [0.25, 0.3) is 61.3 Å². The molecule has 4 heterocycles. The molecule has 0 saturated carbocycles. The quantitative estimate of drug-likeness (QED) is 0.143. The smallest absolute Gasteiger partial charge is 0.456 e. The maximum Gasteiger partial charge on any atom is 0.501 e. The summed E-state index contributed by atoms with van der Waals surface area (Å²) in [6.45, 7) is 12.4. The zero-order valence-corrected chi connectivity index (χ0v) is 35.5. The van der Waals surface area contributed by atoms with Gasteiger partial charge in [0.1, 0.15) is 29.0 Å². The molecule has 63 heavy (non-hydrogen) atoms. The summed E-state index contributed by atoms with van der Waals surface area (Å²) in [7, 11) is 0. The monoisotopic (exact) mass is 831 g/mol. The van der Waals surface area contributed by atoms with Gasteiger partial charge in [0.15, 0.2) is 5.82 Å². The van der Waals surface area contributed by atoms with Gasteiger partial charge in [-0.1, -0.05) is 148 Å². The minimum Gasteiger partial charge on any atom is -0.456 e. The predicted molar refractivity (Wildman–Crippen MR) is 253 cm³/mol. The lowest BCUT2D eigenvalue weighted by Crippen LogP contribution is -2.24. The van der Waals surface area contributed by atoms with Crippen molar-refractivity contribution in [1.82, 2.24) is 24.5 Å². The van der Waals surface area contributed by atoms with Crippen LogP contribution in [0.3, 0.4) is 0 Å². The van der Waals surface area contributed by atoms with Crippen LogP contribution in [-0.4, -0.2) is 39.7 Å². The molecule has 1 aliphatic rings. The van der Waals surface area contributed by atoms with Crippen molar-refractivity contribution in [1.29, 1.82) is 0 Å². The van der Waals surface area contributed by atoms with Crippen LogP contribution in [0, 0.1) is 0 Å². The van der Waals surface area contributed by atoms with E-state index in [2.05, 4.69) is 70.3 Å². The summed E-state index contributed by atoms with van der Waals surface area (Å²) < 4.78 is 98.6. The molecule has 0 aliphatic carbocycles. The van der Waals surface area contributed by atoms with Crippen molar-refractivity contribution in [2.24, 2.45) is 0 Å². The summed E-state index contributed by atoms with van der Waals surface area (Å²) in [5, 5.41) is 1.93. The standard InChI is InChI=1S/C55H47N7O/c1-54(2,3)52-57-51(58-53(59-52)55(4,5)6)45-34-44-43-25-13-14-28-46(43)62(49-29-15-16-30-56-49)47(44)35-48(45)63-40-24-17-23-39(33-40)60-31-32-61(36-60)50-41(37-19-9-7-10-20-37)26-18-27-42(50)38-21-11-8-12-22-38/h7-35H,1-6H3/q+2/i7D,8D,9D,10D,11D,12D,19D,20D,21D,22D. The Hall–Kier alpha value is -7.80. The molecule has 0 fully saturated rings. The number of aromatic nitrogens is 5. The molecule has 1 aliphatic heterocycles. The van der Waals surface area contributed by atoms with Crippen LogP contribution in [0.4, 0.5) is 11.4 Å². The van der Waals surface area contributed by atoms with Crippen molar-refractivity contribution in [2.45, 2.75) is 52.4 Å². The average Bonchev–Trinajstić information content (AvgIpc) is 3.99. The number of ether oxygens (including phenoxy) is 1. The molecule has 10 rings (SSSR count). The van der Waals surface area contributed by atoms with Crippen LogP contribution in [0.2, 0.25) is 0 Å². The minimum absolute atomic E-state index is 0.142. The van der Waals surface area contributed by atoms with Crippen molar-refractivity contribution in [3.8, 4) is 51.0 Å². The third-order valence-corrected chi connectivity index (χ3v) is 10.6. The van der Waals surface area contributed by atoms with Crippen LogP contribution in [0.1, 0.15) is 66.9 Å². The highest BCUT2D eigenvalue weighted by molar-refractivity contribution is 6.11. The first-order valence-electron chi connectivity index (χ1n) is 25.5. The molecule has 0 saturated heterocycles. The van der Waals surface area contributed by atoms with E-state index in [9.17, 15) is 0 Å². The minimum atomic E-state index is -0.574. The normalized spacial score (nSPS) is 15.0. The maximum atomic E-state index is 8.93. The van der Waals surface area contributed by atoms with Gasteiger partial charge in [-0.25, -0.2) is 19.9 Å². The number of fused-ring (bicyclic) bond motifs is 3. The van der Waals surface area contributed by atoms with E-state index in [0.29, 0.717) is 40.2 Å². The highest BCUT2D eigenvalue weighted by atomic mass is 16.5. The van der Waals surface area contributed by atoms with Crippen LogP contribution >= 0.6 is 0 Å². The first kappa shape index (κ1) is 29.5. The molecule has 0 spiro atoms. The van der Waals surface area contributed by atoms with Gasteiger partial charge in [-0.3, -0.25) is 4.57 Å². The Morgan fingerprint density at radius 1 is 0.587 bits per heavy atom. The molecule has 0 bridgehead atoms. The molecule has 0 amide bonds. The number of hydrogen-bond acceptors (Lipinski definition) is 5. The number of nitrogens with zero attached hydrogens (tertiary/aromatic N) is 7. The fraction of sp³-hybridized carbons (Fsp3) is 0.145. The molecule has 0 atom stereocenters. The second-order valence-electron chi connectivity index (χ2n) is 17.2. The largest absolute Gasteiger partial charge is 0.501 e. The van der Waals surface area contributed by atoms with Gasteiger partial charge in [-0.2, -0.15) is 0 Å². The van der Waals surface area contributed by atoms with E-state index in [4.69, 9.17) is 38.4 Å². The van der Waals surface area contributed by atoms with Crippen LogP contribution in [0.15, 0.2) is 176 Å². The second-order valence-corrected chi connectivity index (χ2v) is 17.2. The Bertz CT molecular complexity index is 3730. The molecule has 3 aromatic heterocycles. The predicted octanol–water partition coefficient (Wildman–Crippen LogP) is 13.4. The number of pyridine rings is 1. The van der Waals surface area contributed by atoms with Gasteiger partial charge in [0, 0.05) is 39.9 Å². The van der Waals surface area contributed by atoms with Crippen molar-refractivity contribution in [3.63, 3.8) is 0 Å². The molecule has 0 N–H and O–H groups in total. The van der Waals surface area contributed by atoms with Crippen molar-refractivity contribution < 1.29 is 27.6 Å². The average molecular weight is 832 g/mol. The SMILES string of the molecule is [2H]c1c([2H])c([2H])c(-c2cccc(-c3c([2H])c([2H])c([2H])c([2H])c3[2H])c2[N+]2=C=[N+](c3cccc(Oc4cc5c(cc4-c4nc(C(C)(C)C)nc(C(C)(C)C)n4)c4ccccc4n5-c4ccccn4)c3)C=C2)c([2H])c1[2H]. The van der Waals surface area contributed by atoms with Crippen LogP contribution < -0.4 is 4.74 Å². The van der Waals surface area contributed by atoms with Crippen molar-refractivity contribution in [2.75, 3.05) is 0 Å². The third-order valence-electron chi connectivity index (χ3n) is 10.6. The highest BCUT2D eigenvalue weighted by Gasteiger charge is 2.30. The Morgan fingerprint density at radius 3 is 1.87 bits per heavy atom. The Morgan fingerprint density at radius 2 is 1.22 bits per heavy atom. The number of hydrogen-bond donors (Lipinski definition) is 0. The van der Waals surface area contributed by atoms with E-state index in [1.165, 1.54) is 4.58 Å². The zero-order valence-electron chi connectivity index (χ0n) is 45.5. The van der Waals surface area contributed by atoms with E-state index < -0.39 is 71.3 Å². The number of para-hydroxylation sites is 2. The zero-order chi connectivity index (χ0) is 52.0. The molecule has 306 valence electrons. The van der Waals surface area contributed by atoms with Gasteiger partial charge >= 0.3 is 6.01 Å². The maximum absolute atomic E-state index is 8.93. The summed E-state index contributed by atoms with van der Waals surface area (Å²) >= 11 is 0. The van der Waals surface area contributed by atoms with E-state index in [0.717, 1.165) is 27.6 Å². The van der Waals surface area contributed by atoms with E-state index in [1.54, 1.807) is 41.4 Å². The molecule has 0 radical (unpaired) electrons. The molecule has 8 heteroatoms. The van der Waals surface area contributed by atoms with Gasteiger partial charge in [-0.05, 0) is 53.6 Å². The van der Waals surface area contributed by atoms with Gasteiger partial charge in [0.25, 0.3) is 12.4 Å². The first-order valence-corrected chi connectivity index (χ1v) is 20.5. The van der Waals surface area contributed by atoms with E-state index >= 15 is 0 Å². The number of benzene rings is 6. The second kappa shape index (κ2) is 15.6. The van der Waals surface area contributed by atoms with Gasteiger partial charge in [0.2, 0.25) is 11.4 Å². The summed E-state index contributed by atoms with van der Waals surface area (Å²) in [6.07, 6.45) is 5.08. The topological polar surface area (TPSA) is 71.7 Å². The first-order chi connectivity index (χ1) is 34.6. The molecule has 8 nitrogen and oxygen atoms in total. The summed E-state index contributed by atoms with van der Waals surface area (Å²) in [4.78, 5) is 19.9. The fourth-order valence-electron chi connectivity index (χ4n) is 7.54. The Balaban J connectivity index is 1.18. The molecular weight excluding hydrogens is 775 g/mol. The third kappa shape index (κ3) is 7.51. The number of rotatable bonds is 8. The van der Waals surface area contributed by atoms with Gasteiger partial charge < -0.3 is 4.74 Å². The lowest BCUT2D eigenvalue weighted by Gasteiger charge is -2.23. The Kier molecular flexibility index (Phi) is 7.29. The summed E-state index contributed by atoms with van der Waals surface area (Å²) in [6, 6.07) is 28.0. The summed E-state index contributed by atoms with van der Waals surface area (Å²) in [5.74, 6) is 3.32. The highest BCUT2D eigenvalue weighted by Crippen LogP contribution is 2.43. The van der Waals surface area contributed by atoms with Crippen LogP contribution in [0.5, 0.6) is 11.5 Å².